The first kappa shape index (κ1) is 15.2. The lowest BCUT2D eigenvalue weighted by Crippen LogP contribution is -2.50. The van der Waals surface area contributed by atoms with Crippen LogP contribution in [-0.4, -0.2) is 67.7 Å². The fourth-order valence-corrected chi connectivity index (χ4v) is 1.85. The quantitative estimate of drug-likeness (QED) is 0.814. The Morgan fingerprint density at radius 2 is 1.83 bits per heavy atom. The van der Waals surface area contributed by atoms with E-state index in [0.29, 0.717) is 13.1 Å². The Labute approximate surface area is 105 Å². The van der Waals surface area contributed by atoms with Gasteiger partial charge in [-0.2, -0.15) is 13.2 Å². The molecule has 0 aromatic carbocycles. The van der Waals surface area contributed by atoms with Gasteiger partial charge < -0.3 is 15.1 Å². The fourth-order valence-electron chi connectivity index (χ4n) is 1.85. The van der Waals surface area contributed by atoms with Crippen molar-refractivity contribution < 1.29 is 18.0 Å². The second-order valence-electron chi connectivity index (χ2n) is 4.79. The highest BCUT2D eigenvalue weighted by atomic mass is 19.4. The number of halogens is 3. The maximum Gasteiger partial charge on any atom is 0.390 e. The summed E-state index contributed by atoms with van der Waals surface area (Å²) in [5.41, 5.74) is 0. The maximum atomic E-state index is 12.1. The van der Waals surface area contributed by atoms with Gasteiger partial charge in [-0.05, 0) is 14.0 Å². The minimum atomic E-state index is -4.19. The number of carbonyl (C=O) groups excluding carboxylic acids is 1. The number of piperazine rings is 1. The molecule has 1 amide bonds. The molecular formula is C11H20F3N3O. The summed E-state index contributed by atoms with van der Waals surface area (Å²) in [5, 5.41) is 2.62. The third-order valence-corrected chi connectivity index (χ3v) is 3.00. The predicted octanol–water partition coefficient (Wildman–Crippen LogP) is 0.691. The summed E-state index contributed by atoms with van der Waals surface area (Å²) < 4.78 is 36.3. The molecule has 106 valence electrons. The lowest BCUT2D eigenvalue weighted by molar-refractivity contribution is -0.141. The van der Waals surface area contributed by atoms with Crippen molar-refractivity contribution in [2.45, 2.75) is 25.6 Å². The van der Waals surface area contributed by atoms with Crippen molar-refractivity contribution in [2.24, 2.45) is 0 Å². The minimum absolute atomic E-state index is 0.0268. The summed E-state index contributed by atoms with van der Waals surface area (Å²) in [5.74, 6) is -0.128. The summed E-state index contributed by atoms with van der Waals surface area (Å²) in [6, 6.07) is -0.735. The predicted molar refractivity (Wildman–Crippen MR) is 62.2 cm³/mol. The lowest BCUT2D eigenvalue weighted by Gasteiger charge is -2.32. The number of nitrogens with zero attached hydrogens (tertiary/aromatic N) is 2. The zero-order valence-electron chi connectivity index (χ0n) is 10.8. The molecule has 4 nitrogen and oxygen atoms in total. The van der Waals surface area contributed by atoms with Gasteiger partial charge in [0.2, 0.25) is 5.91 Å². The van der Waals surface area contributed by atoms with E-state index in [1.54, 1.807) is 4.90 Å². The molecule has 18 heavy (non-hydrogen) atoms. The van der Waals surface area contributed by atoms with Crippen LogP contribution in [0.25, 0.3) is 0 Å². The summed E-state index contributed by atoms with van der Waals surface area (Å²) >= 11 is 0. The van der Waals surface area contributed by atoms with Crippen LogP contribution in [0.5, 0.6) is 0 Å². The van der Waals surface area contributed by atoms with Crippen molar-refractivity contribution in [3.8, 4) is 0 Å². The molecule has 0 saturated carbocycles. The van der Waals surface area contributed by atoms with E-state index in [1.807, 2.05) is 7.05 Å². The summed E-state index contributed by atoms with van der Waals surface area (Å²) in [6.07, 6.45) is -5.10. The molecule has 1 aliphatic heterocycles. The molecule has 0 spiro atoms. The van der Waals surface area contributed by atoms with Crippen LogP contribution in [0.2, 0.25) is 0 Å². The Morgan fingerprint density at radius 3 is 2.33 bits per heavy atom. The molecule has 0 aromatic heterocycles. The normalized spacial score (nSPS) is 19.9. The highest BCUT2D eigenvalue weighted by Gasteiger charge is 2.30. The van der Waals surface area contributed by atoms with E-state index in [1.165, 1.54) is 6.92 Å². The number of hydrogen-bond acceptors (Lipinski definition) is 3. The standard InChI is InChI=1S/C11H20F3N3O/c1-9(7-11(12,13)14)15-8-10(18)17-5-3-16(2)4-6-17/h9,15H,3-8H2,1-2H3. The summed E-state index contributed by atoms with van der Waals surface area (Å²) in [4.78, 5) is 15.5. The molecule has 0 aromatic rings. The number of nitrogens with one attached hydrogen (secondary N) is 1. The van der Waals surface area contributed by atoms with Crippen LogP contribution in [0.1, 0.15) is 13.3 Å². The highest BCUT2D eigenvalue weighted by molar-refractivity contribution is 5.78. The van der Waals surface area contributed by atoms with Crippen LogP contribution in [0, 0.1) is 0 Å². The van der Waals surface area contributed by atoms with E-state index in [4.69, 9.17) is 0 Å². The van der Waals surface area contributed by atoms with Gasteiger partial charge in [-0.25, -0.2) is 0 Å². The van der Waals surface area contributed by atoms with Crippen molar-refractivity contribution in [2.75, 3.05) is 39.8 Å². The van der Waals surface area contributed by atoms with Gasteiger partial charge in [0.1, 0.15) is 0 Å². The monoisotopic (exact) mass is 267 g/mol. The van der Waals surface area contributed by atoms with Gasteiger partial charge in [-0.3, -0.25) is 4.79 Å². The first-order valence-electron chi connectivity index (χ1n) is 6.04. The Kier molecular flexibility index (Phi) is 5.40. The summed E-state index contributed by atoms with van der Waals surface area (Å²) in [7, 11) is 1.98. The number of carbonyl (C=O) groups is 1. The van der Waals surface area contributed by atoms with Crippen LogP contribution >= 0.6 is 0 Å². The molecule has 1 fully saturated rings. The van der Waals surface area contributed by atoms with Crippen LogP contribution < -0.4 is 5.32 Å². The molecule has 1 unspecified atom stereocenters. The Balaban J connectivity index is 2.24. The Bertz CT molecular complexity index is 275. The topological polar surface area (TPSA) is 35.6 Å². The van der Waals surface area contributed by atoms with Crippen LogP contribution in [0.15, 0.2) is 0 Å². The average molecular weight is 267 g/mol. The average Bonchev–Trinajstić information content (AvgIpc) is 2.24. The van der Waals surface area contributed by atoms with Gasteiger partial charge in [0, 0.05) is 32.2 Å². The smallest absolute Gasteiger partial charge is 0.339 e. The zero-order chi connectivity index (χ0) is 13.8. The fraction of sp³-hybridized carbons (Fsp3) is 0.909. The third kappa shape index (κ3) is 5.68. The van der Waals surface area contributed by atoms with Crippen LogP contribution in [-0.2, 0) is 4.79 Å². The Morgan fingerprint density at radius 1 is 1.28 bits per heavy atom. The van der Waals surface area contributed by atoms with Crippen molar-refractivity contribution in [3.63, 3.8) is 0 Å². The number of likely N-dealkylation sites (N-methyl/N-ethyl adjacent to an activating group) is 1. The molecule has 0 aliphatic carbocycles. The number of amides is 1. The van der Waals surface area contributed by atoms with Crippen molar-refractivity contribution in [1.82, 2.24) is 15.1 Å². The van der Waals surface area contributed by atoms with Gasteiger partial charge in [0.25, 0.3) is 0 Å². The first-order chi connectivity index (χ1) is 8.28. The third-order valence-electron chi connectivity index (χ3n) is 3.00. The molecule has 0 radical (unpaired) electrons. The molecule has 0 bridgehead atoms. The molecule has 7 heteroatoms. The van der Waals surface area contributed by atoms with E-state index in [-0.39, 0.29) is 12.5 Å². The first-order valence-corrected chi connectivity index (χ1v) is 6.04. The van der Waals surface area contributed by atoms with Gasteiger partial charge in [0.15, 0.2) is 0 Å². The van der Waals surface area contributed by atoms with E-state index in [2.05, 4.69) is 10.2 Å². The summed E-state index contributed by atoms with van der Waals surface area (Å²) in [6.45, 7) is 4.31. The highest BCUT2D eigenvalue weighted by Crippen LogP contribution is 2.21. The molecular weight excluding hydrogens is 247 g/mol. The van der Waals surface area contributed by atoms with Crippen LogP contribution in [0.3, 0.4) is 0 Å². The SMILES string of the molecule is CC(CC(F)(F)F)NCC(=O)N1CCN(C)CC1. The largest absolute Gasteiger partial charge is 0.390 e. The molecule has 1 N–H and O–H groups in total. The van der Waals surface area contributed by atoms with Crippen molar-refractivity contribution in [3.05, 3.63) is 0 Å². The van der Waals surface area contributed by atoms with Crippen molar-refractivity contribution >= 4 is 5.91 Å². The van der Waals surface area contributed by atoms with E-state index >= 15 is 0 Å². The van der Waals surface area contributed by atoms with Gasteiger partial charge in [-0.15, -0.1) is 0 Å². The van der Waals surface area contributed by atoms with Crippen molar-refractivity contribution in [1.29, 1.82) is 0 Å². The number of rotatable bonds is 4. The molecule has 1 heterocycles. The van der Waals surface area contributed by atoms with Gasteiger partial charge in [0.05, 0.1) is 13.0 Å². The molecule has 1 saturated heterocycles. The molecule has 1 atom stereocenters. The van der Waals surface area contributed by atoms with Gasteiger partial charge in [-0.1, -0.05) is 0 Å². The van der Waals surface area contributed by atoms with Crippen LogP contribution in [0.4, 0.5) is 13.2 Å². The van der Waals surface area contributed by atoms with E-state index in [0.717, 1.165) is 13.1 Å². The maximum absolute atomic E-state index is 12.1. The van der Waals surface area contributed by atoms with Gasteiger partial charge >= 0.3 is 6.18 Å². The van der Waals surface area contributed by atoms with E-state index in [9.17, 15) is 18.0 Å². The van der Waals surface area contributed by atoms with E-state index < -0.39 is 18.6 Å². The lowest BCUT2D eigenvalue weighted by atomic mass is 10.2. The Hall–Kier alpha value is -0.820. The second-order valence-corrected chi connectivity index (χ2v) is 4.79. The number of alkyl halides is 3. The molecule has 1 aliphatic rings. The zero-order valence-corrected chi connectivity index (χ0v) is 10.8. The second kappa shape index (κ2) is 6.38. The number of hydrogen-bond donors (Lipinski definition) is 1. The minimum Gasteiger partial charge on any atom is -0.339 e. The molecule has 1 rings (SSSR count).